The number of alkyl carbamates (subject to hydrolysis) is 1. The van der Waals surface area contributed by atoms with E-state index in [0.717, 1.165) is 22.3 Å². The molecular formula is C25H30N2O7. The van der Waals surface area contributed by atoms with E-state index in [1.807, 2.05) is 48.5 Å². The summed E-state index contributed by atoms with van der Waals surface area (Å²) in [7, 11) is 3.09. The van der Waals surface area contributed by atoms with Crippen LogP contribution in [0.15, 0.2) is 48.5 Å². The van der Waals surface area contributed by atoms with Crippen molar-refractivity contribution < 1.29 is 33.7 Å². The molecule has 2 aromatic carbocycles. The molecule has 0 aromatic heterocycles. The third-order valence-electron chi connectivity index (χ3n) is 5.78. The van der Waals surface area contributed by atoms with Gasteiger partial charge in [0, 0.05) is 26.7 Å². The zero-order chi connectivity index (χ0) is 24.5. The Morgan fingerprint density at radius 1 is 1.00 bits per heavy atom. The van der Waals surface area contributed by atoms with E-state index >= 15 is 0 Å². The van der Waals surface area contributed by atoms with E-state index in [0.29, 0.717) is 13.0 Å². The van der Waals surface area contributed by atoms with Crippen LogP contribution >= 0.6 is 0 Å². The molecule has 0 radical (unpaired) electrons. The molecule has 182 valence electrons. The molecular weight excluding hydrogens is 440 g/mol. The first-order valence-corrected chi connectivity index (χ1v) is 11.1. The van der Waals surface area contributed by atoms with E-state index in [4.69, 9.17) is 14.2 Å². The van der Waals surface area contributed by atoms with Crippen LogP contribution < -0.4 is 10.6 Å². The summed E-state index contributed by atoms with van der Waals surface area (Å²) in [5, 5.41) is 14.2. The Labute approximate surface area is 198 Å². The largest absolute Gasteiger partial charge is 0.481 e. The number of carbonyl (C=O) groups is 3. The highest BCUT2D eigenvalue weighted by Gasteiger charge is 2.30. The number of carbonyl (C=O) groups excluding carboxylic acids is 2. The van der Waals surface area contributed by atoms with Crippen molar-refractivity contribution in [2.75, 3.05) is 34.0 Å². The van der Waals surface area contributed by atoms with Crippen molar-refractivity contribution >= 4 is 18.0 Å². The third-order valence-corrected chi connectivity index (χ3v) is 5.78. The summed E-state index contributed by atoms with van der Waals surface area (Å²) in [6.07, 6.45) is -1.15. The van der Waals surface area contributed by atoms with Gasteiger partial charge in [-0.05, 0) is 28.7 Å². The number of benzene rings is 2. The first-order chi connectivity index (χ1) is 16.4. The maximum Gasteiger partial charge on any atom is 0.407 e. The van der Waals surface area contributed by atoms with Crippen molar-refractivity contribution in [2.45, 2.75) is 30.9 Å². The SMILES string of the molecule is COCC(CCNC(=O)C(CC(=O)O)NC(=O)OCC1c2ccccc2-c2ccccc21)OC. The molecule has 2 amide bonds. The van der Waals surface area contributed by atoms with Crippen LogP contribution in [0.4, 0.5) is 4.79 Å². The van der Waals surface area contributed by atoms with Crippen LogP contribution in [0.5, 0.6) is 0 Å². The number of aliphatic carboxylic acids is 1. The molecule has 0 bridgehead atoms. The fraction of sp³-hybridized carbons (Fsp3) is 0.400. The number of carboxylic acid groups (broad SMARTS) is 1. The second-order valence-electron chi connectivity index (χ2n) is 8.01. The number of hydrogen-bond donors (Lipinski definition) is 3. The third kappa shape index (κ3) is 6.33. The molecule has 3 N–H and O–H groups in total. The molecule has 0 spiro atoms. The van der Waals surface area contributed by atoms with Crippen molar-refractivity contribution in [2.24, 2.45) is 0 Å². The summed E-state index contributed by atoms with van der Waals surface area (Å²) in [5.74, 6) is -1.96. The lowest BCUT2D eigenvalue weighted by molar-refractivity contribution is -0.139. The van der Waals surface area contributed by atoms with Gasteiger partial charge in [-0.15, -0.1) is 0 Å². The summed E-state index contributed by atoms with van der Waals surface area (Å²) in [4.78, 5) is 36.2. The molecule has 9 heteroatoms. The highest BCUT2D eigenvalue weighted by atomic mass is 16.5. The van der Waals surface area contributed by atoms with Gasteiger partial charge in [-0.2, -0.15) is 0 Å². The van der Waals surface area contributed by atoms with Crippen molar-refractivity contribution in [1.29, 1.82) is 0 Å². The van der Waals surface area contributed by atoms with E-state index in [2.05, 4.69) is 10.6 Å². The van der Waals surface area contributed by atoms with Crippen LogP contribution in [0.1, 0.15) is 29.9 Å². The van der Waals surface area contributed by atoms with Crippen LogP contribution in [0.25, 0.3) is 11.1 Å². The minimum atomic E-state index is -1.27. The van der Waals surface area contributed by atoms with Crippen molar-refractivity contribution in [3.8, 4) is 11.1 Å². The number of methoxy groups -OCH3 is 2. The Hall–Kier alpha value is -3.43. The van der Waals surface area contributed by atoms with Crippen molar-refractivity contribution in [3.63, 3.8) is 0 Å². The van der Waals surface area contributed by atoms with Crippen LogP contribution in [0, 0.1) is 0 Å². The van der Waals surface area contributed by atoms with Gasteiger partial charge in [0.2, 0.25) is 5.91 Å². The number of fused-ring (bicyclic) bond motifs is 3. The van der Waals surface area contributed by atoms with Crippen LogP contribution in [-0.2, 0) is 23.8 Å². The molecule has 2 unspecified atom stereocenters. The predicted molar refractivity (Wildman–Crippen MR) is 125 cm³/mol. The molecule has 1 aliphatic carbocycles. The molecule has 0 aliphatic heterocycles. The number of hydrogen-bond acceptors (Lipinski definition) is 6. The van der Waals surface area contributed by atoms with Gasteiger partial charge in [-0.3, -0.25) is 9.59 Å². The first-order valence-electron chi connectivity index (χ1n) is 11.1. The lowest BCUT2D eigenvalue weighted by atomic mass is 9.98. The summed E-state index contributed by atoms with van der Waals surface area (Å²) in [6, 6.07) is 14.6. The number of rotatable bonds is 12. The van der Waals surface area contributed by atoms with Gasteiger partial charge in [-0.25, -0.2) is 4.79 Å². The smallest absolute Gasteiger partial charge is 0.407 e. The highest BCUT2D eigenvalue weighted by molar-refractivity contribution is 5.89. The minimum Gasteiger partial charge on any atom is -0.481 e. The van der Waals surface area contributed by atoms with E-state index in [9.17, 15) is 19.5 Å². The van der Waals surface area contributed by atoms with Gasteiger partial charge in [0.25, 0.3) is 0 Å². The monoisotopic (exact) mass is 470 g/mol. The topological polar surface area (TPSA) is 123 Å². The molecule has 0 saturated carbocycles. The first kappa shape index (κ1) is 25.2. The number of ether oxygens (including phenoxy) is 3. The zero-order valence-corrected chi connectivity index (χ0v) is 19.3. The van der Waals surface area contributed by atoms with E-state index in [1.165, 1.54) is 7.11 Å². The Bertz CT molecular complexity index is 965. The summed E-state index contributed by atoms with van der Waals surface area (Å²) < 4.78 is 15.7. The summed E-state index contributed by atoms with van der Waals surface area (Å²) in [5.41, 5.74) is 4.30. The van der Waals surface area contributed by atoms with Crippen molar-refractivity contribution in [1.82, 2.24) is 10.6 Å². The normalized spacial score (nSPS) is 13.9. The van der Waals surface area contributed by atoms with Crippen LogP contribution in [0.3, 0.4) is 0 Å². The van der Waals surface area contributed by atoms with Gasteiger partial charge < -0.3 is 30.0 Å². The Balaban J connectivity index is 1.58. The molecule has 3 rings (SSSR count). The van der Waals surface area contributed by atoms with E-state index in [1.54, 1.807) is 7.11 Å². The van der Waals surface area contributed by atoms with E-state index < -0.39 is 30.4 Å². The fourth-order valence-corrected chi connectivity index (χ4v) is 4.10. The molecule has 2 atom stereocenters. The maximum atomic E-state index is 12.5. The number of carboxylic acids is 1. The zero-order valence-electron chi connectivity index (χ0n) is 19.3. The quantitative estimate of drug-likeness (QED) is 0.436. The molecule has 9 nitrogen and oxygen atoms in total. The van der Waals surface area contributed by atoms with Crippen LogP contribution in [0.2, 0.25) is 0 Å². The standard InChI is InChI=1S/C25H30N2O7/c1-32-14-16(33-2)11-12-26-24(30)22(13-23(28)29)27-25(31)34-15-21-19-9-5-3-7-17(19)18-8-4-6-10-20(18)21/h3-10,16,21-22H,11-15H2,1-2H3,(H,26,30)(H,27,31)(H,28,29). The lowest BCUT2D eigenvalue weighted by Crippen LogP contribution is -2.48. The Morgan fingerprint density at radius 2 is 1.62 bits per heavy atom. The minimum absolute atomic E-state index is 0.0633. The van der Waals surface area contributed by atoms with Gasteiger partial charge in [-0.1, -0.05) is 48.5 Å². The van der Waals surface area contributed by atoms with Gasteiger partial charge in [0.05, 0.1) is 19.1 Å². The average molecular weight is 471 g/mol. The highest BCUT2D eigenvalue weighted by Crippen LogP contribution is 2.44. The predicted octanol–water partition coefficient (Wildman–Crippen LogP) is 2.54. The van der Waals surface area contributed by atoms with Crippen LogP contribution in [-0.4, -0.2) is 69.2 Å². The molecule has 0 heterocycles. The Kier molecular flexibility index (Phi) is 9.00. The van der Waals surface area contributed by atoms with E-state index in [-0.39, 0.29) is 25.2 Å². The molecule has 34 heavy (non-hydrogen) atoms. The summed E-state index contributed by atoms with van der Waals surface area (Å²) >= 11 is 0. The second kappa shape index (κ2) is 12.2. The fourth-order valence-electron chi connectivity index (χ4n) is 4.10. The van der Waals surface area contributed by atoms with Crippen molar-refractivity contribution in [3.05, 3.63) is 59.7 Å². The second-order valence-corrected chi connectivity index (χ2v) is 8.01. The number of nitrogens with one attached hydrogen (secondary N) is 2. The molecule has 1 aliphatic rings. The Morgan fingerprint density at radius 3 is 2.18 bits per heavy atom. The molecule has 2 aromatic rings. The number of amides is 2. The average Bonchev–Trinajstić information content (AvgIpc) is 3.15. The molecule has 0 saturated heterocycles. The molecule has 0 fully saturated rings. The van der Waals surface area contributed by atoms with Gasteiger partial charge in [0.1, 0.15) is 12.6 Å². The lowest BCUT2D eigenvalue weighted by Gasteiger charge is -2.19. The van der Waals surface area contributed by atoms with Gasteiger partial charge >= 0.3 is 12.1 Å². The van der Waals surface area contributed by atoms with Gasteiger partial charge in [0.15, 0.2) is 0 Å². The summed E-state index contributed by atoms with van der Waals surface area (Å²) in [6.45, 7) is 0.667. The maximum absolute atomic E-state index is 12.5.